The lowest BCUT2D eigenvalue weighted by Crippen LogP contribution is -2.44. The van der Waals surface area contributed by atoms with Gasteiger partial charge in [0.2, 0.25) is 0 Å². The van der Waals surface area contributed by atoms with Crippen molar-refractivity contribution in [3.05, 3.63) is 12.7 Å². The SMILES string of the molecule is C=CCCNC(=O)C1(C)CCCO1. The summed E-state index contributed by atoms with van der Waals surface area (Å²) in [7, 11) is 0. The average Bonchev–Trinajstić information content (AvgIpc) is 2.54. The van der Waals surface area contributed by atoms with Gasteiger partial charge in [0, 0.05) is 13.2 Å². The minimum Gasteiger partial charge on any atom is -0.365 e. The molecule has 1 N–H and O–H groups in total. The Hall–Kier alpha value is -0.830. The van der Waals surface area contributed by atoms with Crippen molar-refractivity contribution in [1.82, 2.24) is 5.32 Å². The molecule has 1 aliphatic heterocycles. The fourth-order valence-electron chi connectivity index (χ4n) is 1.43. The van der Waals surface area contributed by atoms with E-state index in [-0.39, 0.29) is 5.91 Å². The topological polar surface area (TPSA) is 38.3 Å². The number of ether oxygens (including phenoxy) is 1. The van der Waals surface area contributed by atoms with Crippen LogP contribution in [0.5, 0.6) is 0 Å². The van der Waals surface area contributed by atoms with Gasteiger partial charge in [0.1, 0.15) is 5.60 Å². The van der Waals surface area contributed by atoms with Crippen LogP contribution in [0.15, 0.2) is 12.7 Å². The Bertz CT molecular complexity index is 195. The van der Waals surface area contributed by atoms with Crippen LogP contribution in [0.4, 0.5) is 0 Å². The molecule has 1 saturated heterocycles. The van der Waals surface area contributed by atoms with E-state index in [1.807, 2.05) is 6.92 Å². The Labute approximate surface area is 79.2 Å². The van der Waals surface area contributed by atoms with Gasteiger partial charge in [0.25, 0.3) is 5.91 Å². The largest absolute Gasteiger partial charge is 0.365 e. The normalized spacial score (nSPS) is 27.2. The molecule has 1 atom stereocenters. The van der Waals surface area contributed by atoms with Gasteiger partial charge >= 0.3 is 0 Å². The summed E-state index contributed by atoms with van der Waals surface area (Å²) < 4.78 is 5.40. The van der Waals surface area contributed by atoms with Crippen molar-refractivity contribution in [2.75, 3.05) is 13.2 Å². The first-order chi connectivity index (χ1) is 6.19. The van der Waals surface area contributed by atoms with Crippen molar-refractivity contribution in [2.45, 2.75) is 31.8 Å². The molecule has 13 heavy (non-hydrogen) atoms. The van der Waals surface area contributed by atoms with Crippen LogP contribution in [-0.4, -0.2) is 24.7 Å². The number of nitrogens with one attached hydrogen (secondary N) is 1. The molecule has 0 aliphatic carbocycles. The van der Waals surface area contributed by atoms with Gasteiger partial charge in [-0.25, -0.2) is 0 Å². The highest BCUT2D eigenvalue weighted by atomic mass is 16.5. The quantitative estimate of drug-likeness (QED) is 0.526. The van der Waals surface area contributed by atoms with Gasteiger partial charge in [-0.3, -0.25) is 4.79 Å². The molecule has 3 nitrogen and oxygen atoms in total. The molecule has 1 amide bonds. The molecular formula is C10H17NO2. The lowest BCUT2D eigenvalue weighted by molar-refractivity contribution is -0.139. The third-order valence-electron chi connectivity index (χ3n) is 2.33. The zero-order valence-corrected chi connectivity index (χ0v) is 8.14. The summed E-state index contributed by atoms with van der Waals surface area (Å²) in [6.07, 6.45) is 4.40. The minimum absolute atomic E-state index is 0.00634. The Morgan fingerprint density at radius 1 is 1.77 bits per heavy atom. The van der Waals surface area contributed by atoms with Gasteiger partial charge in [0.05, 0.1) is 0 Å². The Morgan fingerprint density at radius 2 is 2.54 bits per heavy atom. The van der Waals surface area contributed by atoms with E-state index >= 15 is 0 Å². The first-order valence-electron chi connectivity index (χ1n) is 4.72. The van der Waals surface area contributed by atoms with E-state index in [1.54, 1.807) is 6.08 Å². The Morgan fingerprint density at radius 3 is 3.08 bits per heavy atom. The van der Waals surface area contributed by atoms with E-state index in [2.05, 4.69) is 11.9 Å². The van der Waals surface area contributed by atoms with Crippen LogP contribution in [-0.2, 0) is 9.53 Å². The molecule has 0 aromatic carbocycles. The van der Waals surface area contributed by atoms with E-state index in [0.717, 1.165) is 19.3 Å². The van der Waals surface area contributed by atoms with Crippen LogP contribution in [0.2, 0.25) is 0 Å². The van der Waals surface area contributed by atoms with Crippen LogP contribution in [0, 0.1) is 0 Å². The number of carbonyl (C=O) groups is 1. The van der Waals surface area contributed by atoms with Crippen molar-refractivity contribution >= 4 is 5.91 Å². The van der Waals surface area contributed by atoms with Gasteiger partial charge in [-0.15, -0.1) is 6.58 Å². The van der Waals surface area contributed by atoms with Crippen LogP contribution in [0.1, 0.15) is 26.2 Å². The highest BCUT2D eigenvalue weighted by Crippen LogP contribution is 2.24. The summed E-state index contributed by atoms with van der Waals surface area (Å²) in [5.41, 5.74) is -0.582. The molecule has 0 saturated carbocycles. The highest BCUT2D eigenvalue weighted by Gasteiger charge is 2.37. The summed E-state index contributed by atoms with van der Waals surface area (Å²) in [6, 6.07) is 0. The van der Waals surface area contributed by atoms with E-state index in [9.17, 15) is 4.79 Å². The molecule has 0 spiro atoms. The zero-order chi connectivity index (χ0) is 9.73. The smallest absolute Gasteiger partial charge is 0.251 e. The molecule has 3 heteroatoms. The molecule has 1 rings (SSSR count). The minimum atomic E-state index is -0.582. The first-order valence-corrected chi connectivity index (χ1v) is 4.72. The molecule has 0 aromatic heterocycles. The monoisotopic (exact) mass is 183 g/mol. The predicted molar refractivity (Wildman–Crippen MR) is 51.4 cm³/mol. The maximum absolute atomic E-state index is 11.6. The fraction of sp³-hybridized carbons (Fsp3) is 0.700. The first kappa shape index (κ1) is 10.3. The van der Waals surface area contributed by atoms with Crippen LogP contribution in [0.25, 0.3) is 0 Å². The number of carbonyl (C=O) groups excluding carboxylic acids is 1. The lowest BCUT2D eigenvalue weighted by atomic mass is 10.0. The van der Waals surface area contributed by atoms with Gasteiger partial charge in [-0.05, 0) is 26.2 Å². The fourth-order valence-corrected chi connectivity index (χ4v) is 1.43. The average molecular weight is 183 g/mol. The Kier molecular flexibility index (Phi) is 3.48. The predicted octanol–water partition coefficient (Wildman–Crippen LogP) is 1.25. The summed E-state index contributed by atoms with van der Waals surface area (Å²) >= 11 is 0. The molecule has 0 aromatic rings. The third-order valence-corrected chi connectivity index (χ3v) is 2.33. The maximum atomic E-state index is 11.6. The standard InChI is InChI=1S/C10H17NO2/c1-3-4-7-11-9(12)10(2)6-5-8-13-10/h3H,1,4-8H2,2H3,(H,11,12). The van der Waals surface area contributed by atoms with Gasteiger partial charge < -0.3 is 10.1 Å². The summed E-state index contributed by atoms with van der Waals surface area (Å²) in [5.74, 6) is 0.00634. The van der Waals surface area contributed by atoms with Crippen molar-refractivity contribution in [3.8, 4) is 0 Å². The number of rotatable bonds is 4. The second-order valence-electron chi connectivity index (χ2n) is 3.52. The molecular weight excluding hydrogens is 166 g/mol. The summed E-state index contributed by atoms with van der Waals surface area (Å²) in [5, 5.41) is 2.83. The van der Waals surface area contributed by atoms with Crippen molar-refractivity contribution in [3.63, 3.8) is 0 Å². The van der Waals surface area contributed by atoms with E-state index in [0.29, 0.717) is 13.2 Å². The van der Waals surface area contributed by atoms with Crippen molar-refractivity contribution < 1.29 is 9.53 Å². The number of hydrogen-bond acceptors (Lipinski definition) is 2. The van der Waals surface area contributed by atoms with Crippen molar-refractivity contribution in [1.29, 1.82) is 0 Å². The Balaban J connectivity index is 2.33. The zero-order valence-electron chi connectivity index (χ0n) is 8.14. The van der Waals surface area contributed by atoms with Crippen LogP contribution in [0.3, 0.4) is 0 Å². The van der Waals surface area contributed by atoms with Crippen LogP contribution < -0.4 is 5.32 Å². The van der Waals surface area contributed by atoms with Crippen LogP contribution >= 0.6 is 0 Å². The molecule has 0 bridgehead atoms. The summed E-state index contributed by atoms with van der Waals surface area (Å²) in [4.78, 5) is 11.6. The van der Waals surface area contributed by atoms with Crippen molar-refractivity contribution in [2.24, 2.45) is 0 Å². The van der Waals surface area contributed by atoms with Gasteiger partial charge in [-0.2, -0.15) is 0 Å². The molecule has 1 unspecified atom stereocenters. The summed E-state index contributed by atoms with van der Waals surface area (Å²) in [6.45, 7) is 6.79. The second-order valence-corrected chi connectivity index (χ2v) is 3.52. The molecule has 1 aliphatic rings. The lowest BCUT2D eigenvalue weighted by Gasteiger charge is -2.21. The second kappa shape index (κ2) is 4.42. The van der Waals surface area contributed by atoms with E-state index < -0.39 is 5.60 Å². The third kappa shape index (κ3) is 2.56. The molecule has 1 fully saturated rings. The number of amides is 1. The number of hydrogen-bond donors (Lipinski definition) is 1. The van der Waals surface area contributed by atoms with Gasteiger partial charge in [0.15, 0.2) is 0 Å². The van der Waals surface area contributed by atoms with E-state index in [4.69, 9.17) is 4.74 Å². The molecule has 74 valence electrons. The van der Waals surface area contributed by atoms with Gasteiger partial charge in [-0.1, -0.05) is 6.08 Å². The molecule has 1 heterocycles. The highest BCUT2D eigenvalue weighted by molar-refractivity contribution is 5.84. The van der Waals surface area contributed by atoms with E-state index in [1.165, 1.54) is 0 Å². The molecule has 0 radical (unpaired) electrons. The maximum Gasteiger partial charge on any atom is 0.251 e.